The van der Waals surface area contributed by atoms with E-state index >= 15 is 0 Å². The Morgan fingerprint density at radius 2 is 1.65 bits per heavy atom. The van der Waals surface area contributed by atoms with Crippen molar-refractivity contribution in [3.05, 3.63) is 64.2 Å². The number of aromatic nitrogens is 1. The van der Waals surface area contributed by atoms with Crippen LogP contribution in [0.5, 0.6) is 0 Å². The topological polar surface area (TPSA) is 62.2 Å². The maximum absolute atomic E-state index is 11.5. The Morgan fingerprint density at radius 1 is 0.935 bits per heavy atom. The molecule has 2 N–H and O–H groups in total. The molecule has 0 spiro atoms. The Hall–Kier alpha value is -2.40. The quantitative estimate of drug-likeness (QED) is 0.319. The molecule has 4 fully saturated rings. The summed E-state index contributed by atoms with van der Waals surface area (Å²) in [6, 6.07) is 7.63. The van der Waals surface area contributed by atoms with Crippen LogP contribution in [0.4, 0.5) is 5.13 Å². The third kappa shape index (κ3) is 4.35. The summed E-state index contributed by atoms with van der Waals surface area (Å²) in [5, 5.41) is 14.8. The fraction of sp³-hybridized carbons (Fsp3) is 0.659. The van der Waals surface area contributed by atoms with Crippen molar-refractivity contribution in [2.75, 3.05) is 5.32 Å². The van der Waals surface area contributed by atoms with Crippen LogP contribution in [-0.4, -0.2) is 21.6 Å². The van der Waals surface area contributed by atoms with Crippen LogP contribution in [0.2, 0.25) is 0 Å². The molecule has 5 aliphatic carbocycles. The summed E-state index contributed by atoms with van der Waals surface area (Å²) in [6.07, 6.45) is 13.9. The first-order valence-corrected chi connectivity index (χ1v) is 18.8. The lowest BCUT2D eigenvalue weighted by Crippen LogP contribution is -2.67. The molecule has 4 nitrogen and oxygen atoms in total. The van der Waals surface area contributed by atoms with E-state index in [0.717, 1.165) is 11.6 Å². The Labute approximate surface area is 281 Å². The van der Waals surface area contributed by atoms with Crippen molar-refractivity contribution < 1.29 is 9.90 Å². The van der Waals surface area contributed by atoms with Gasteiger partial charge < -0.3 is 10.4 Å². The predicted molar refractivity (Wildman–Crippen MR) is 191 cm³/mol. The molecule has 9 unspecified atom stereocenters. The van der Waals surface area contributed by atoms with E-state index in [-0.39, 0.29) is 16.4 Å². The fourth-order valence-corrected chi connectivity index (χ4v) is 13.9. The number of nitrogens with one attached hydrogen (secondary N) is 1. The van der Waals surface area contributed by atoms with Gasteiger partial charge in [-0.15, -0.1) is 11.3 Å². The molecule has 0 amide bonds. The van der Waals surface area contributed by atoms with Gasteiger partial charge in [-0.05, 0) is 153 Å². The van der Waals surface area contributed by atoms with Crippen LogP contribution >= 0.6 is 11.3 Å². The first kappa shape index (κ1) is 32.2. The zero-order chi connectivity index (χ0) is 33.0. The number of carboxylic acid groups (broad SMARTS) is 1. The third-order valence-corrected chi connectivity index (χ3v) is 16.5. The number of nitrogens with zero attached hydrogens (tertiary/aromatic N) is 1. The van der Waals surface area contributed by atoms with Gasteiger partial charge in [-0.3, -0.25) is 0 Å². The molecule has 0 radical (unpaired) electrons. The molecular weight excluding hydrogens is 585 g/mol. The Balaban J connectivity index is 1.23. The largest absolute Gasteiger partial charge is 0.478 e. The van der Waals surface area contributed by atoms with Crippen LogP contribution in [0.3, 0.4) is 0 Å². The molecule has 7 rings (SSSR count). The molecule has 2 aromatic rings. The third-order valence-electron chi connectivity index (χ3n) is 15.5. The average Bonchev–Trinajstić information content (AvgIpc) is 3.52. The van der Waals surface area contributed by atoms with Gasteiger partial charge in [0.25, 0.3) is 0 Å². The van der Waals surface area contributed by atoms with E-state index in [2.05, 4.69) is 73.4 Å². The highest BCUT2D eigenvalue weighted by atomic mass is 32.1. The molecule has 9 atom stereocenters. The number of thiazole rings is 1. The smallest absolute Gasteiger partial charge is 0.335 e. The Kier molecular flexibility index (Phi) is 7.38. The Morgan fingerprint density at radius 3 is 2.28 bits per heavy atom. The van der Waals surface area contributed by atoms with E-state index < -0.39 is 5.97 Å². The van der Waals surface area contributed by atoms with E-state index in [9.17, 15) is 9.90 Å². The molecule has 5 aliphatic rings. The monoisotopic (exact) mass is 640 g/mol. The lowest BCUT2D eigenvalue weighted by molar-refractivity contribution is -0.216. The summed E-state index contributed by atoms with van der Waals surface area (Å²) in [7, 11) is 0. The molecule has 4 saturated carbocycles. The molecule has 5 heteroatoms. The second kappa shape index (κ2) is 10.5. The summed E-state index contributed by atoms with van der Waals surface area (Å²) in [6.45, 7) is 24.3. The van der Waals surface area contributed by atoms with Gasteiger partial charge in [-0.2, -0.15) is 0 Å². The SMILES string of the molecule is C=C(C)C1CCC2(Nc3nc(C)c(C)s3)CCC3(C)C(CCC4C5(C)CC=C(c6ccc(C(=O)O)cc6)C(C)(C)C5CCC43C)C12. The number of hydrogen-bond acceptors (Lipinski definition) is 4. The van der Waals surface area contributed by atoms with Gasteiger partial charge in [0, 0.05) is 10.4 Å². The summed E-state index contributed by atoms with van der Waals surface area (Å²) < 4.78 is 0. The number of hydrogen-bond donors (Lipinski definition) is 2. The first-order chi connectivity index (χ1) is 21.6. The van der Waals surface area contributed by atoms with Crippen LogP contribution in [-0.2, 0) is 0 Å². The van der Waals surface area contributed by atoms with E-state index in [0.29, 0.717) is 46.0 Å². The highest BCUT2D eigenvalue weighted by molar-refractivity contribution is 7.15. The van der Waals surface area contributed by atoms with Gasteiger partial charge in [-0.25, -0.2) is 9.78 Å². The van der Waals surface area contributed by atoms with Crippen molar-refractivity contribution in [2.45, 2.75) is 119 Å². The molecular formula is C41H56N2O2S. The van der Waals surface area contributed by atoms with Crippen molar-refractivity contribution >= 4 is 28.0 Å². The van der Waals surface area contributed by atoms with Crippen molar-refractivity contribution in [1.29, 1.82) is 0 Å². The maximum Gasteiger partial charge on any atom is 0.335 e. The standard InChI is InChI=1S/C41H56N2O2S/c1-24(2)29-16-21-41(43-36-42-25(3)26(4)46-36)23-22-39(8)31(34(29)41)14-15-33-38(7)19-17-30(27-10-12-28(13-11-27)35(44)45)37(5,6)32(38)18-20-40(33,39)9/h10-13,17,29,31-34H,1,14-16,18-23H2,2-9H3,(H,42,43)(H,44,45). The number of fused-ring (bicyclic) bond motifs is 7. The minimum Gasteiger partial charge on any atom is -0.478 e. The van der Waals surface area contributed by atoms with Crippen LogP contribution < -0.4 is 5.32 Å². The number of aryl methyl sites for hydroxylation is 2. The number of allylic oxidation sites excluding steroid dienone is 3. The van der Waals surface area contributed by atoms with Crippen molar-refractivity contribution in [1.82, 2.24) is 4.98 Å². The van der Waals surface area contributed by atoms with Crippen LogP contribution in [0, 0.1) is 65.1 Å². The second-order valence-electron chi connectivity index (χ2n) is 17.6. The molecule has 1 heterocycles. The molecule has 46 heavy (non-hydrogen) atoms. The molecule has 1 aromatic heterocycles. The van der Waals surface area contributed by atoms with Gasteiger partial charge in [0.15, 0.2) is 5.13 Å². The predicted octanol–water partition coefficient (Wildman–Crippen LogP) is 11.0. The van der Waals surface area contributed by atoms with Gasteiger partial charge in [0.2, 0.25) is 0 Å². The van der Waals surface area contributed by atoms with E-state index in [1.54, 1.807) is 12.1 Å². The number of aromatic carboxylic acids is 1. The summed E-state index contributed by atoms with van der Waals surface area (Å²) in [5.41, 5.74) is 6.51. The minimum atomic E-state index is -0.858. The van der Waals surface area contributed by atoms with Crippen molar-refractivity contribution in [3.63, 3.8) is 0 Å². The van der Waals surface area contributed by atoms with Gasteiger partial charge in [0.05, 0.1) is 11.3 Å². The average molecular weight is 641 g/mol. The lowest BCUT2D eigenvalue weighted by atomic mass is 9.33. The van der Waals surface area contributed by atoms with Crippen LogP contribution in [0.25, 0.3) is 5.57 Å². The highest BCUT2D eigenvalue weighted by Gasteiger charge is 2.70. The van der Waals surface area contributed by atoms with Gasteiger partial charge in [-0.1, -0.05) is 65.0 Å². The Bertz CT molecular complexity index is 1580. The summed E-state index contributed by atoms with van der Waals surface area (Å²) in [5.74, 6) is 2.33. The molecule has 248 valence electrons. The number of carboxylic acids is 1. The minimum absolute atomic E-state index is 0.0307. The van der Waals surface area contributed by atoms with Gasteiger partial charge >= 0.3 is 5.97 Å². The number of anilines is 1. The number of carbonyl (C=O) groups is 1. The van der Waals surface area contributed by atoms with Crippen LogP contribution in [0.15, 0.2) is 42.5 Å². The molecule has 1 aromatic carbocycles. The molecule has 0 bridgehead atoms. The van der Waals surface area contributed by atoms with E-state index in [4.69, 9.17) is 4.98 Å². The van der Waals surface area contributed by atoms with Crippen LogP contribution in [0.1, 0.15) is 126 Å². The zero-order valence-electron chi connectivity index (χ0n) is 29.6. The maximum atomic E-state index is 11.5. The summed E-state index contributed by atoms with van der Waals surface area (Å²) >= 11 is 1.84. The van der Waals surface area contributed by atoms with Crippen molar-refractivity contribution in [2.24, 2.45) is 51.2 Å². The van der Waals surface area contributed by atoms with Gasteiger partial charge in [0.1, 0.15) is 0 Å². The number of rotatable bonds is 5. The zero-order valence-corrected chi connectivity index (χ0v) is 30.4. The van der Waals surface area contributed by atoms with E-state index in [1.165, 1.54) is 78.6 Å². The highest BCUT2D eigenvalue weighted by Crippen LogP contribution is 2.77. The second-order valence-corrected chi connectivity index (χ2v) is 18.8. The fourth-order valence-electron chi connectivity index (χ4n) is 13.0. The van der Waals surface area contributed by atoms with E-state index in [1.807, 2.05) is 23.5 Å². The lowest BCUT2D eigenvalue weighted by Gasteiger charge is -2.72. The molecule has 0 aliphatic heterocycles. The molecule has 0 saturated heterocycles. The summed E-state index contributed by atoms with van der Waals surface area (Å²) in [4.78, 5) is 17.9. The number of benzene rings is 1. The van der Waals surface area contributed by atoms with Crippen molar-refractivity contribution in [3.8, 4) is 0 Å². The normalized spacial score (nSPS) is 41.0. The first-order valence-electron chi connectivity index (χ1n) is 18.0.